The molecule has 1 N–H and O–H groups in total. The molecule has 0 saturated carbocycles. The third kappa shape index (κ3) is 5.95. The highest BCUT2D eigenvalue weighted by atomic mass is 32.2. The second kappa shape index (κ2) is 11.3. The molecule has 0 aliphatic carbocycles. The molecule has 0 aliphatic heterocycles. The molecular weight excluding hydrogens is 464 g/mol. The summed E-state index contributed by atoms with van der Waals surface area (Å²) in [7, 11) is -1.17. The number of anilines is 1. The number of aryl methyl sites for hydroxylation is 2. The third-order valence-electron chi connectivity index (χ3n) is 5.82. The van der Waals surface area contributed by atoms with E-state index in [0.29, 0.717) is 17.9 Å². The summed E-state index contributed by atoms with van der Waals surface area (Å²) in [6, 6.07) is 18.8. The van der Waals surface area contributed by atoms with Crippen molar-refractivity contribution in [2.24, 2.45) is 0 Å². The number of sulfonamides is 1. The molecule has 35 heavy (non-hydrogen) atoms. The van der Waals surface area contributed by atoms with Gasteiger partial charge in [-0.3, -0.25) is 9.10 Å². The number of para-hydroxylation sites is 1. The van der Waals surface area contributed by atoms with Crippen molar-refractivity contribution in [1.82, 2.24) is 5.32 Å². The second-order valence-corrected chi connectivity index (χ2v) is 10.1. The lowest BCUT2D eigenvalue weighted by atomic mass is 9.97. The number of carbonyl (C=O) groups excluding carboxylic acids is 1. The Bertz CT molecular complexity index is 1280. The predicted octanol–water partition coefficient (Wildman–Crippen LogP) is 4.78. The monoisotopic (exact) mass is 496 g/mol. The van der Waals surface area contributed by atoms with Crippen molar-refractivity contribution in [3.8, 4) is 11.5 Å². The molecule has 0 radical (unpaired) electrons. The lowest BCUT2D eigenvalue weighted by Crippen LogP contribution is -2.42. The molecule has 0 heterocycles. The van der Waals surface area contributed by atoms with E-state index in [1.54, 1.807) is 30.3 Å². The number of ether oxygens (including phenoxy) is 2. The van der Waals surface area contributed by atoms with Gasteiger partial charge in [-0.2, -0.15) is 0 Å². The molecule has 0 saturated heterocycles. The summed E-state index contributed by atoms with van der Waals surface area (Å²) in [6.07, 6.45) is 0.670. The molecule has 0 fully saturated rings. The molecule has 3 aromatic carbocycles. The van der Waals surface area contributed by atoms with E-state index in [0.717, 1.165) is 21.0 Å². The summed E-state index contributed by atoms with van der Waals surface area (Å²) in [4.78, 5) is 13.2. The summed E-state index contributed by atoms with van der Waals surface area (Å²) in [5, 5.41) is 3.02. The number of hydrogen-bond acceptors (Lipinski definition) is 5. The van der Waals surface area contributed by atoms with Gasteiger partial charge in [0.2, 0.25) is 5.91 Å². The van der Waals surface area contributed by atoms with Gasteiger partial charge in [-0.25, -0.2) is 8.42 Å². The molecule has 3 rings (SSSR count). The standard InChI is InChI=1S/C27H32N2O5S/c1-6-24(23-14-12-19(2)16-20(23)3)28-27(30)18-29(21-10-8-7-9-11-21)35(31,32)22-13-15-25(33-4)26(17-22)34-5/h7-17,24H,6,18H2,1-5H3,(H,28,30). The summed E-state index contributed by atoms with van der Waals surface area (Å²) >= 11 is 0. The van der Waals surface area contributed by atoms with Crippen LogP contribution in [0.15, 0.2) is 71.6 Å². The fraction of sp³-hybridized carbons (Fsp3) is 0.296. The highest BCUT2D eigenvalue weighted by Crippen LogP contribution is 2.32. The second-order valence-electron chi connectivity index (χ2n) is 8.25. The van der Waals surface area contributed by atoms with Crippen molar-refractivity contribution in [2.45, 2.75) is 38.1 Å². The quantitative estimate of drug-likeness (QED) is 0.437. The summed E-state index contributed by atoms with van der Waals surface area (Å²) in [5.74, 6) is 0.298. The zero-order valence-corrected chi connectivity index (χ0v) is 21.6. The van der Waals surface area contributed by atoms with Gasteiger partial charge < -0.3 is 14.8 Å². The first-order valence-electron chi connectivity index (χ1n) is 11.4. The minimum absolute atomic E-state index is 0.00627. The normalized spacial score (nSPS) is 12.0. The summed E-state index contributed by atoms with van der Waals surface area (Å²) in [5.41, 5.74) is 3.62. The van der Waals surface area contributed by atoms with Crippen LogP contribution in [0.2, 0.25) is 0 Å². The van der Waals surface area contributed by atoms with E-state index in [9.17, 15) is 13.2 Å². The number of nitrogens with zero attached hydrogens (tertiary/aromatic N) is 1. The first-order chi connectivity index (χ1) is 16.7. The smallest absolute Gasteiger partial charge is 0.264 e. The molecule has 0 aromatic heterocycles. The Labute approximate surface area is 207 Å². The fourth-order valence-corrected chi connectivity index (χ4v) is 5.44. The molecule has 8 heteroatoms. The number of methoxy groups -OCH3 is 2. The predicted molar refractivity (Wildman–Crippen MR) is 138 cm³/mol. The molecule has 0 spiro atoms. The Morgan fingerprint density at radius 3 is 2.23 bits per heavy atom. The SMILES string of the molecule is CCC(NC(=O)CN(c1ccccc1)S(=O)(=O)c1ccc(OC)c(OC)c1)c1ccc(C)cc1C. The summed E-state index contributed by atoms with van der Waals surface area (Å²) < 4.78 is 39.0. The Morgan fingerprint density at radius 2 is 1.63 bits per heavy atom. The number of amides is 1. The molecule has 1 unspecified atom stereocenters. The van der Waals surface area contributed by atoms with Gasteiger partial charge in [-0.05, 0) is 55.7 Å². The van der Waals surface area contributed by atoms with Gasteiger partial charge in [-0.1, -0.05) is 48.9 Å². The van der Waals surface area contributed by atoms with Gasteiger partial charge in [0, 0.05) is 6.07 Å². The maximum Gasteiger partial charge on any atom is 0.264 e. The minimum Gasteiger partial charge on any atom is -0.493 e. The maximum atomic E-state index is 13.7. The van der Waals surface area contributed by atoms with Crippen LogP contribution in [0.3, 0.4) is 0 Å². The maximum absolute atomic E-state index is 13.7. The van der Waals surface area contributed by atoms with E-state index in [2.05, 4.69) is 11.4 Å². The van der Waals surface area contributed by atoms with Crippen LogP contribution < -0.4 is 19.1 Å². The van der Waals surface area contributed by atoms with Crippen molar-refractivity contribution in [1.29, 1.82) is 0 Å². The van der Waals surface area contributed by atoms with Crippen molar-refractivity contribution < 1.29 is 22.7 Å². The topological polar surface area (TPSA) is 84.9 Å². The lowest BCUT2D eigenvalue weighted by Gasteiger charge is -2.26. The van der Waals surface area contributed by atoms with E-state index in [1.807, 2.05) is 32.9 Å². The van der Waals surface area contributed by atoms with Crippen LogP contribution in [0.1, 0.15) is 36.1 Å². The van der Waals surface area contributed by atoms with Gasteiger partial charge in [-0.15, -0.1) is 0 Å². The zero-order valence-electron chi connectivity index (χ0n) is 20.7. The number of carbonyl (C=O) groups is 1. The largest absolute Gasteiger partial charge is 0.493 e. The van der Waals surface area contributed by atoms with Gasteiger partial charge in [0.25, 0.3) is 10.0 Å². The van der Waals surface area contributed by atoms with Gasteiger partial charge in [0.15, 0.2) is 11.5 Å². The first-order valence-corrected chi connectivity index (χ1v) is 12.8. The van der Waals surface area contributed by atoms with Crippen LogP contribution >= 0.6 is 0 Å². The average molecular weight is 497 g/mol. The van der Waals surface area contributed by atoms with E-state index in [1.165, 1.54) is 32.4 Å². The highest BCUT2D eigenvalue weighted by Gasteiger charge is 2.29. The average Bonchev–Trinajstić information content (AvgIpc) is 2.86. The third-order valence-corrected chi connectivity index (χ3v) is 7.59. The first kappa shape index (κ1) is 26.1. The van der Waals surface area contributed by atoms with E-state index in [4.69, 9.17) is 9.47 Å². The lowest BCUT2D eigenvalue weighted by molar-refractivity contribution is -0.120. The van der Waals surface area contributed by atoms with Crippen LogP contribution in [-0.4, -0.2) is 35.1 Å². The molecule has 0 aliphatic rings. The van der Waals surface area contributed by atoms with E-state index in [-0.39, 0.29) is 23.2 Å². The molecular formula is C27H32N2O5S. The molecule has 1 amide bonds. The Kier molecular flexibility index (Phi) is 8.40. The van der Waals surface area contributed by atoms with Crippen LogP contribution in [0.25, 0.3) is 0 Å². The number of benzene rings is 3. The zero-order chi connectivity index (χ0) is 25.6. The van der Waals surface area contributed by atoms with E-state index < -0.39 is 15.9 Å². The van der Waals surface area contributed by atoms with E-state index >= 15 is 0 Å². The molecule has 1 atom stereocenters. The fourth-order valence-electron chi connectivity index (χ4n) is 4.00. The number of rotatable bonds is 10. The molecule has 7 nitrogen and oxygen atoms in total. The van der Waals surface area contributed by atoms with Gasteiger partial charge >= 0.3 is 0 Å². The van der Waals surface area contributed by atoms with Crippen molar-refractivity contribution in [2.75, 3.05) is 25.1 Å². The van der Waals surface area contributed by atoms with Crippen LogP contribution in [0, 0.1) is 13.8 Å². The highest BCUT2D eigenvalue weighted by molar-refractivity contribution is 7.92. The van der Waals surface area contributed by atoms with Gasteiger partial charge in [0.05, 0.1) is 30.8 Å². The van der Waals surface area contributed by atoms with Crippen molar-refractivity contribution >= 4 is 21.6 Å². The van der Waals surface area contributed by atoms with Crippen LogP contribution in [0.5, 0.6) is 11.5 Å². The Morgan fingerprint density at radius 1 is 0.943 bits per heavy atom. The Hall–Kier alpha value is -3.52. The Balaban J connectivity index is 1.94. The van der Waals surface area contributed by atoms with Crippen molar-refractivity contribution in [3.63, 3.8) is 0 Å². The molecule has 186 valence electrons. The molecule has 0 bridgehead atoms. The van der Waals surface area contributed by atoms with Crippen LogP contribution in [-0.2, 0) is 14.8 Å². The van der Waals surface area contributed by atoms with Crippen molar-refractivity contribution in [3.05, 3.63) is 83.4 Å². The summed E-state index contributed by atoms with van der Waals surface area (Å²) in [6.45, 7) is 5.64. The molecule has 3 aromatic rings. The number of hydrogen-bond donors (Lipinski definition) is 1. The minimum atomic E-state index is -4.09. The number of nitrogens with one attached hydrogen (secondary N) is 1. The van der Waals surface area contributed by atoms with Crippen LogP contribution in [0.4, 0.5) is 5.69 Å². The van der Waals surface area contributed by atoms with Gasteiger partial charge in [0.1, 0.15) is 6.54 Å².